The van der Waals surface area contributed by atoms with Gasteiger partial charge in [-0.05, 0) is 12.1 Å². The summed E-state index contributed by atoms with van der Waals surface area (Å²) in [4.78, 5) is 15.0. The molecule has 5 nitrogen and oxygen atoms in total. The fraction of sp³-hybridized carbons (Fsp3) is 0.222. The fourth-order valence-corrected chi connectivity index (χ4v) is 1.07. The summed E-state index contributed by atoms with van der Waals surface area (Å²) in [6.07, 6.45) is 2.80. The molecule has 0 N–H and O–H groups in total. The number of carbonyl (C=O) groups is 1. The summed E-state index contributed by atoms with van der Waals surface area (Å²) in [6.45, 7) is 0.903. The summed E-state index contributed by atoms with van der Waals surface area (Å²) >= 11 is 0. The van der Waals surface area contributed by atoms with E-state index < -0.39 is 6.09 Å². The summed E-state index contributed by atoms with van der Waals surface area (Å²) in [6, 6.07) is 5.49. The van der Waals surface area contributed by atoms with Crippen LogP contribution in [-0.4, -0.2) is 35.5 Å². The van der Waals surface area contributed by atoms with Crippen LogP contribution in [0.15, 0.2) is 29.5 Å². The predicted octanol–water partition coefficient (Wildman–Crippen LogP) is 0.868. The molecule has 0 radical (unpaired) electrons. The van der Waals surface area contributed by atoms with E-state index >= 15 is 0 Å². The smallest absolute Gasteiger partial charge is 0.430 e. The molecule has 1 aromatic heterocycles. The van der Waals surface area contributed by atoms with E-state index in [0.717, 1.165) is 0 Å². The number of cyclic esters (lactones) is 1. The Labute approximate surface area is 81.0 Å². The molecule has 72 valence electrons. The van der Waals surface area contributed by atoms with Crippen LogP contribution >= 0.6 is 0 Å². The molecule has 1 fully saturated rings. The highest BCUT2D eigenvalue weighted by molar-refractivity contribution is 5.78. The van der Waals surface area contributed by atoms with Gasteiger partial charge in [0.15, 0.2) is 0 Å². The third-order valence-corrected chi connectivity index (χ3v) is 1.76. The van der Waals surface area contributed by atoms with Gasteiger partial charge >= 0.3 is 6.09 Å². The Balaban J connectivity index is 2.03. The molecule has 0 spiro atoms. The van der Waals surface area contributed by atoms with Gasteiger partial charge in [0.25, 0.3) is 0 Å². The summed E-state index contributed by atoms with van der Waals surface area (Å²) in [5.74, 6) is 0. The first-order valence-corrected chi connectivity index (χ1v) is 4.25. The van der Waals surface area contributed by atoms with Gasteiger partial charge in [-0.15, -0.1) is 0 Å². The molecule has 0 bridgehead atoms. The van der Waals surface area contributed by atoms with Gasteiger partial charge < -0.3 is 4.74 Å². The van der Waals surface area contributed by atoms with Crippen molar-refractivity contribution in [1.82, 2.24) is 9.99 Å². The second kappa shape index (κ2) is 3.87. The van der Waals surface area contributed by atoms with Crippen LogP contribution in [0.3, 0.4) is 0 Å². The number of nitrogens with zero attached hydrogens (tertiary/aromatic N) is 3. The zero-order valence-electron chi connectivity index (χ0n) is 7.46. The molecule has 1 amide bonds. The molecule has 2 heterocycles. The van der Waals surface area contributed by atoms with Crippen molar-refractivity contribution in [2.45, 2.75) is 0 Å². The maximum atomic E-state index is 11.0. The monoisotopic (exact) mass is 191 g/mol. The summed E-state index contributed by atoms with van der Waals surface area (Å²) in [7, 11) is 0. The van der Waals surface area contributed by atoms with Gasteiger partial charge in [0.2, 0.25) is 0 Å². The standard InChI is InChI=1S/C9H9N3O2/c13-9-12(5-6-14-9)11-7-8-3-1-2-4-10-8/h1-4,7H,5-6H2/b11-7+. The zero-order valence-corrected chi connectivity index (χ0v) is 7.46. The van der Waals surface area contributed by atoms with E-state index in [1.54, 1.807) is 6.20 Å². The molecule has 5 heteroatoms. The van der Waals surface area contributed by atoms with Crippen LogP contribution in [0.25, 0.3) is 0 Å². The first-order valence-electron chi connectivity index (χ1n) is 4.25. The lowest BCUT2D eigenvalue weighted by molar-refractivity contribution is 0.159. The Morgan fingerprint density at radius 1 is 1.57 bits per heavy atom. The third-order valence-electron chi connectivity index (χ3n) is 1.76. The molecule has 1 aliphatic rings. The lowest BCUT2D eigenvalue weighted by Gasteiger charge is -2.02. The van der Waals surface area contributed by atoms with Gasteiger partial charge in [-0.25, -0.2) is 4.79 Å². The summed E-state index contributed by atoms with van der Waals surface area (Å²) in [5.41, 5.74) is 0.715. The van der Waals surface area contributed by atoms with Crippen LogP contribution in [0, 0.1) is 0 Å². The highest BCUT2D eigenvalue weighted by Gasteiger charge is 2.20. The molecule has 14 heavy (non-hydrogen) atoms. The van der Waals surface area contributed by atoms with Crippen molar-refractivity contribution in [3.8, 4) is 0 Å². The van der Waals surface area contributed by atoms with Crippen LogP contribution in [-0.2, 0) is 4.74 Å². The van der Waals surface area contributed by atoms with E-state index in [4.69, 9.17) is 4.74 Å². The summed E-state index contributed by atoms with van der Waals surface area (Å²) < 4.78 is 4.71. The van der Waals surface area contributed by atoms with E-state index in [1.165, 1.54) is 11.2 Å². The number of hydrazone groups is 1. The highest BCUT2D eigenvalue weighted by Crippen LogP contribution is 2.03. The Bertz CT molecular complexity index is 350. The van der Waals surface area contributed by atoms with E-state index in [-0.39, 0.29) is 0 Å². The molecule has 0 aromatic carbocycles. The minimum Gasteiger partial charge on any atom is -0.446 e. The second-order valence-corrected chi connectivity index (χ2v) is 2.74. The maximum Gasteiger partial charge on any atom is 0.430 e. The molecule has 1 aliphatic heterocycles. The topological polar surface area (TPSA) is 54.8 Å². The Hall–Kier alpha value is -1.91. The molecule has 0 saturated carbocycles. The van der Waals surface area contributed by atoms with E-state index in [2.05, 4.69) is 10.1 Å². The molecular weight excluding hydrogens is 182 g/mol. The van der Waals surface area contributed by atoms with Crippen LogP contribution in [0.5, 0.6) is 0 Å². The minimum absolute atomic E-state index is 0.401. The second-order valence-electron chi connectivity index (χ2n) is 2.74. The number of rotatable bonds is 2. The van der Waals surface area contributed by atoms with Crippen molar-refractivity contribution in [3.05, 3.63) is 30.1 Å². The zero-order chi connectivity index (χ0) is 9.80. The van der Waals surface area contributed by atoms with E-state index in [0.29, 0.717) is 18.8 Å². The van der Waals surface area contributed by atoms with Crippen LogP contribution in [0.2, 0.25) is 0 Å². The highest BCUT2D eigenvalue weighted by atomic mass is 16.6. The first kappa shape index (κ1) is 8.68. The van der Waals surface area contributed by atoms with Crippen molar-refractivity contribution < 1.29 is 9.53 Å². The first-order chi connectivity index (χ1) is 6.86. The maximum absolute atomic E-state index is 11.0. The normalized spacial score (nSPS) is 16.3. The van der Waals surface area contributed by atoms with Crippen molar-refractivity contribution in [2.75, 3.05) is 13.2 Å². The quantitative estimate of drug-likeness (QED) is 0.651. The SMILES string of the molecule is O=C1OCCN1/N=C/c1ccccn1. The van der Waals surface area contributed by atoms with Gasteiger partial charge in [-0.1, -0.05) is 6.07 Å². The van der Waals surface area contributed by atoms with E-state index in [1.807, 2.05) is 18.2 Å². The molecule has 0 atom stereocenters. The Morgan fingerprint density at radius 3 is 3.14 bits per heavy atom. The van der Waals surface area contributed by atoms with Gasteiger partial charge in [0.1, 0.15) is 6.61 Å². The average molecular weight is 191 g/mol. The number of pyridine rings is 1. The minimum atomic E-state index is -0.405. The van der Waals surface area contributed by atoms with Gasteiger partial charge in [-0.3, -0.25) is 4.98 Å². The van der Waals surface area contributed by atoms with E-state index in [9.17, 15) is 4.79 Å². The van der Waals surface area contributed by atoms with Crippen molar-refractivity contribution in [2.24, 2.45) is 5.10 Å². The molecule has 1 saturated heterocycles. The Kier molecular flexibility index (Phi) is 2.40. The number of ether oxygens (including phenoxy) is 1. The van der Waals surface area contributed by atoms with Gasteiger partial charge in [0.05, 0.1) is 18.5 Å². The number of hydrogen-bond acceptors (Lipinski definition) is 4. The Morgan fingerprint density at radius 2 is 2.50 bits per heavy atom. The number of carbonyl (C=O) groups excluding carboxylic acids is 1. The van der Waals surface area contributed by atoms with Crippen LogP contribution in [0.4, 0.5) is 4.79 Å². The fourth-order valence-electron chi connectivity index (χ4n) is 1.07. The molecule has 0 aliphatic carbocycles. The molecule has 0 unspecified atom stereocenters. The number of hydrogen-bond donors (Lipinski definition) is 0. The van der Waals surface area contributed by atoms with Gasteiger partial charge in [0, 0.05) is 6.20 Å². The predicted molar refractivity (Wildman–Crippen MR) is 49.9 cm³/mol. The number of amides is 1. The van der Waals surface area contributed by atoms with Crippen molar-refractivity contribution in [3.63, 3.8) is 0 Å². The lowest BCUT2D eigenvalue weighted by atomic mass is 10.4. The summed E-state index contributed by atoms with van der Waals surface area (Å²) in [5, 5.41) is 5.22. The average Bonchev–Trinajstić information content (AvgIpc) is 2.63. The van der Waals surface area contributed by atoms with Crippen LogP contribution in [0.1, 0.15) is 5.69 Å². The van der Waals surface area contributed by atoms with Crippen LogP contribution < -0.4 is 0 Å². The largest absolute Gasteiger partial charge is 0.446 e. The van der Waals surface area contributed by atoms with Crippen molar-refractivity contribution >= 4 is 12.3 Å². The number of aromatic nitrogens is 1. The molecule has 1 aromatic rings. The van der Waals surface area contributed by atoms with Gasteiger partial charge in [-0.2, -0.15) is 10.1 Å². The lowest BCUT2D eigenvalue weighted by Crippen LogP contribution is -2.17. The third kappa shape index (κ3) is 1.87. The molecule has 2 rings (SSSR count). The van der Waals surface area contributed by atoms with Crippen molar-refractivity contribution in [1.29, 1.82) is 0 Å². The molecular formula is C9H9N3O2.